The zero-order valence-electron chi connectivity index (χ0n) is 9.38. The summed E-state index contributed by atoms with van der Waals surface area (Å²) >= 11 is 0. The lowest BCUT2D eigenvalue weighted by molar-refractivity contribution is -0.0777. The minimum atomic E-state index is -0.152. The van der Waals surface area contributed by atoms with Gasteiger partial charge in [-0.3, -0.25) is 0 Å². The molecular weight excluding hydrogens is 176 g/mol. The van der Waals surface area contributed by atoms with Crippen LogP contribution in [0.5, 0.6) is 0 Å². The molecule has 0 heterocycles. The van der Waals surface area contributed by atoms with Gasteiger partial charge in [0.1, 0.15) is 0 Å². The molecule has 0 aromatic heterocycles. The Balaban J connectivity index is 2.55. The summed E-state index contributed by atoms with van der Waals surface area (Å²) in [4.78, 5) is 0. The first-order valence-corrected chi connectivity index (χ1v) is 5.09. The molecule has 0 aromatic rings. The summed E-state index contributed by atoms with van der Waals surface area (Å²) in [6, 6.07) is 0. The molecule has 2 nitrogen and oxygen atoms in total. The lowest BCUT2D eigenvalue weighted by atomic mass is 9.85. The Labute approximate surface area is 86.6 Å². The van der Waals surface area contributed by atoms with E-state index in [1.807, 2.05) is 0 Å². The number of hydrogen-bond acceptors (Lipinski definition) is 2. The Kier molecular flexibility index (Phi) is 4.36. The molecule has 0 unspecified atom stereocenters. The quantitative estimate of drug-likeness (QED) is 0.508. The molecular formula is C12H20O2. The van der Waals surface area contributed by atoms with Crippen LogP contribution in [0.15, 0.2) is 23.8 Å². The molecule has 0 spiro atoms. The molecule has 1 aliphatic rings. The molecule has 2 heteroatoms. The summed E-state index contributed by atoms with van der Waals surface area (Å²) in [5.74, 6) is 0.646. The van der Waals surface area contributed by atoms with Gasteiger partial charge in [0.25, 0.3) is 0 Å². The summed E-state index contributed by atoms with van der Waals surface area (Å²) in [6.07, 6.45) is 5.39. The highest BCUT2D eigenvalue weighted by Crippen LogP contribution is 2.30. The van der Waals surface area contributed by atoms with Crippen LogP contribution in [0.25, 0.3) is 0 Å². The zero-order chi connectivity index (χ0) is 10.6. The molecule has 0 saturated heterocycles. The van der Waals surface area contributed by atoms with Crippen molar-refractivity contribution in [3.05, 3.63) is 23.8 Å². The Morgan fingerprint density at radius 3 is 2.50 bits per heavy atom. The minimum absolute atomic E-state index is 0.152. The first kappa shape index (κ1) is 11.5. The van der Waals surface area contributed by atoms with Gasteiger partial charge >= 0.3 is 0 Å². The molecule has 0 aromatic carbocycles. The van der Waals surface area contributed by atoms with Crippen molar-refractivity contribution in [1.29, 1.82) is 0 Å². The molecule has 0 fully saturated rings. The van der Waals surface area contributed by atoms with Crippen LogP contribution in [0, 0.1) is 5.92 Å². The molecule has 0 saturated carbocycles. The number of ether oxygens (including phenoxy) is 2. The number of hydrogen-bond donors (Lipinski definition) is 0. The van der Waals surface area contributed by atoms with Gasteiger partial charge in [-0.15, -0.1) is 0 Å². The summed E-state index contributed by atoms with van der Waals surface area (Å²) in [7, 11) is 3.36. The fourth-order valence-electron chi connectivity index (χ4n) is 1.92. The summed E-state index contributed by atoms with van der Waals surface area (Å²) in [6.45, 7) is 6.10. The van der Waals surface area contributed by atoms with E-state index in [-0.39, 0.29) is 6.29 Å². The fourth-order valence-corrected chi connectivity index (χ4v) is 1.92. The monoisotopic (exact) mass is 196 g/mol. The smallest absolute Gasteiger partial charge is 0.179 e. The summed E-state index contributed by atoms with van der Waals surface area (Å²) in [5.41, 5.74) is 2.55. The molecule has 0 bridgehead atoms. The molecule has 1 atom stereocenters. The second-order valence-corrected chi connectivity index (χ2v) is 3.90. The lowest BCUT2D eigenvalue weighted by Gasteiger charge is -2.25. The van der Waals surface area contributed by atoms with Gasteiger partial charge in [0, 0.05) is 14.2 Å². The molecule has 80 valence electrons. The third kappa shape index (κ3) is 2.69. The zero-order valence-corrected chi connectivity index (χ0v) is 9.38. The number of allylic oxidation sites excluding steroid dienone is 2. The lowest BCUT2D eigenvalue weighted by Crippen LogP contribution is -2.20. The molecule has 0 amide bonds. The Morgan fingerprint density at radius 1 is 1.50 bits per heavy atom. The molecule has 1 rings (SSSR count). The van der Waals surface area contributed by atoms with E-state index in [0.717, 1.165) is 12.8 Å². The van der Waals surface area contributed by atoms with Crippen LogP contribution in [0.3, 0.4) is 0 Å². The average molecular weight is 196 g/mol. The first-order chi connectivity index (χ1) is 6.69. The third-order valence-corrected chi connectivity index (χ3v) is 2.87. The minimum Gasteiger partial charge on any atom is -0.352 e. The van der Waals surface area contributed by atoms with Crippen molar-refractivity contribution in [3.63, 3.8) is 0 Å². The van der Waals surface area contributed by atoms with E-state index in [1.165, 1.54) is 17.6 Å². The topological polar surface area (TPSA) is 18.5 Å². The maximum absolute atomic E-state index is 5.22. The first-order valence-electron chi connectivity index (χ1n) is 5.09. The van der Waals surface area contributed by atoms with Crippen LogP contribution in [-0.4, -0.2) is 20.5 Å². The second-order valence-electron chi connectivity index (χ2n) is 3.90. The molecule has 1 aliphatic carbocycles. The van der Waals surface area contributed by atoms with E-state index in [1.54, 1.807) is 14.2 Å². The van der Waals surface area contributed by atoms with Gasteiger partial charge in [0.05, 0.1) is 0 Å². The maximum Gasteiger partial charge on any atom is 0.179 e. The summed E-state index contributed by atoms with van der Waals surface area (Å²) in [5, 5.41) is 0. The third-order valence-electron chi connectivity index (χ3n) is 2.87. The van der Waals surface area contributed by atoms with E-state index >= 15 is 0 Å². The van der Waals surface area contributed by atoms with Crippen LogP contribution < -0.4 is 0 Å². The highest BCUT2D eigenvalue weighted by molar-refractivity contribution is 5.14. The van der Waals surface area contributed by atoms with Crippen LogP contribution in [0.2, 0.25) is 0 Å². The number of rotatable bonds is 4. The molecule has 0 aliphatic heterocycles. The SMILES string of the molecule is C=C(C)[C@@H]1CC=C(C(OC)OC)CC1. The summed E-state index contributed by atoms with van der Waals surface area (Å²) < 4.78 is 10.4. The molecule has 14 heavy (non-hydrogen) atoms. The van der Waals surface area contributed by atoms with Crippen molar-refractivity contribution in [1.82, 2.24) is 0 Å². The Morgan fingerprint density at radius 2 is 2.14 bits per heavy atom. The van der Waals surface area contributed by atoms with Gasteiger partial charge in [0.15, 0.2) is 6.29 Å². The highest BCUT2D eigenvalue weighted by Gasteiger charge is 2.20. The average Bonchev–Trinajstić information content (AvgIpc) is 2.20. The fraction of sp³-hybridized carbons (Fsp3) is 0.667. The number of methoxy groups -OCH3 is 2. The highest BCUT2D eigenvalue weighted by atomic mass is 16.7. The van der Waals surface area contributed by atoms with Crippen molar-refractivity contribution in [2.45, 2.75) is 32.5 Å². The normalized spacial score (nSPS) is 22.3. The van der Waals surface area contributed by atoms with Gasteiger partial charge in [-0.05, 0) is 37.7 Å². The van der Waals surface area contributed by atoms with Crippen LogP contribution in [0.4, 0.5) is 0 Å². The van der Waals surface area contributed by atoms with E-state index in [0.29, 0.717) is 5.92 Å². The molecule has 0 N–H and O–H groups in total. The van der Waals surface area contributed by atoms with Crippen molar-refractivity contribution < 1.29 is 9.47 Å². The molecule has 0 radical (unpaired) electrons. The van der Waals surface area contributed by atoms with Gasteiger partial charge in [-0.1, -0.05) is 18.2 Å². The van der Waals surface area contributed by atoms with Crippen molar-refractivity contribution in [3.8, 4) is 0 Å². The second kappa shape index (κ2) is 5.32. The van der Waals surface area contributed by atoms with Crippen molar-refractivity contribution in [2.75, 3.05) is 14.2 Å². The van der Waals surface area contributed by atoms with Gasteiger partial charge in [0.2, 0.25) is 0 Å². The predicted octanol–water partition coefficient (Wildman–Crippen LogP) is 2.91. The maximum atomic E-state index is 5.22. The van der Waals surface area contributed by atoms with Crippen molar-refractivity contribution in [2.24, 2.45) is 5.92 Å². The van der Waals surface area contributed by atoms with Crippen LogP contribution in [0.1, 0.15) is 26.2 Å². The van der Waals surface area contributed by atoms with E-state index in [4.69, 9.17) is 9.47 Å². The van der Waals surface area contributed by atoms with E-state index in [9.17, 15) is 0 Å². The van der Waals surface area contributed by atoms with Gasteiger partial charge in [-0.2, -0.15) is 0 Å². The standard InChI is InChI=1S/C12H20O2/c1-9(2)10-5-7-11(8-6-10)12(13-3)14-4/h7,10,12H,1,5-6,8H2,2-4H3/t10-/m1/s1. The van der Waals surface area contributed by atoms with Crippen LogP contribution in [-0.2, 0) is 9.47 Å². The predicted molar refractivity (Wildman–Crippen MR) is 58.0 cm³/mol. The Hall–Kier alpha value is -0.600. The van der Waals surface area contributed by atoms with E-state index in [2.05, 4.69) is 19.6 Å². The van der Waals surface area contributed by atoms with Gasteiger partial charge < -0.3 is 9.47 Å². The van der Waals surface area contributed by atoms with Gasteiger partial charge in [-0.25, -0.2) is 0 Å². The largest absolute Gasteiger partial charge is 0.352 e. The van der Waals surface area contributed by atoms with Crippen LogP contribution >= 0.6 is 0 Å². The van der Waals surface area contributed by atoms with E-state index < -0.39 is 0 Å². The van der Waals surface area contributed by atoms with Crippen molar-refractivity contribution >= 4 is 0 Å². The Bertz CT molecular complexity index is 226.